The van der Waals surface area contributed by atoms with Crippen molar-refractivity contribution < 1.29 is 0 Å². The first-order valence-electron chi connectivity index (χ1n) is 5.98. The first-order chi connectivity index (χ1) is 8.79. The van der Waals surface area contributed by atoms with Crippen molar-refractivity contribution in [3.8, 4) is 0 Å². The zero-order valence-electron chi connectivity index (χ0n) is 11.0. The van der Waals surface area contributed by atoms with Gasteiger partial charge in [0.25, 0.3) is 0 Å². The molecule has 0 saturated carbocycles. The Balaban J connectivity index is 2.34. The van der Waals surface area contributed by atoms with Gasteiger partial charge in [0, 0.05) is 18.7 Å². The zero-order valence-corrected chi connectivity index (χ0v) is 16.6. The summed E-state index contributed by atoms with van der Waals surface area (Å²) < 4.78 is 2.21. The van der Waals surface area contributed by atoms with Gasteiger partial charge in [-0.15, -0.1) is 11.3 Å². The summed E-state index contributed by atoms with van der Waals surface area (Å²) >= 11 is 12.8. The second-order valence-corrected chi connectivity index (χ2v) is 9.28. The van der Waals surface area contributed by atoms with E-state index in [-0.39, 0.29) is 10.2 Å². The van der Waals surface area contributed by atoms with Crippen LogP contribution in [0.5, 0.6) is 0 Å². The lowest BCUT2D eigenvalue weighted by Gasteiger charge is -2.16. The maximum atomic E-state index is 3.81. The molecule has 4 heteroatoms. The van der Waals surface area contributed by atoms with E-state index in [0.717, 1.165) is 8.95 Å². The molecule has 1 unspecified atom stereocenters. The van der Waals surface area contributed by atoms with Crippen molar-refractivity contribution in [3.63, 3.8) is 0 Å². The molecule has 1 aromatic heterocycles. The lowest BCUT2D eigenvalue weighted by atomic mass is 9.95. The Morgan fingerprint density at radius 1 is 1.05 bits per heavy atom. The van der Waals surface area contributed by atoms with Gasteiger partial charge in [-0.05, 0) is 35.2 Å². The molecule has 2 aromatic rings. The minimum Gasteiger partial charge on any atom is -0.143 e. The molecule has 0 fully saturated rings. The number of hydrogen-bond donors (Lipinski definition) is 0. The minimum atomic E-state index is 0.215. The topological polar surface area (TPSA) is 0 Å². The summed E-state index contributed by atoms with van der Waals surface area (Å²) in [5, 5.41) is 0. The van der Waals surface area contributed by atoms with Crippen molar-refractivity contribution in [2.45, 2.75) is 31.0 Å². The highest BCUT2D eigenvalue weighted by Gasteiger charge is 2.20. The number of halogens is 3. The molecule has 0 N–H and O–H groups in total. The van der Waals surface area contributed by atoms with Crippen LogP contribution in [0.25, 0.3) is 0 Å². The molecule has 0 radical (unpaired) electrons. The van der Waals surface area contributed by atoms with Crippen molar-refractivity contribution in [2.24, 2.45) is 0 Å². The summed E-state index contributed by atoms with van der Waals surface area (Å²) in [6.07, 6.45) is 0. The van der Waals surface area contributed by atoms with E-state index < -0.39 is 0 Å². The lowest BCUT2D eigenvalue weighted by molar-refractivity contribution is 0.604. The van der Waals surface area contributed by atoms with Crippen LogP contribution < -0.4 is 0 Å². The summed E-state index contributed by atoms with van der Waals surface area (Å²) in [5.74, 6) is 0. The number of hydrogen-bond acceptors (Lipinski definition) is 1. The predicted molar refractivity (Wildman–Crippen MR) is 95.6 cm³/mol. The average molecular weight is 467 g/mol. The number of alkyl halides is 1. The standard InChI is InChI=1S/C15H15Br3S/c1-15(2,3)13-7-6-12(19-13)14(18)10-5-4-9(16)8-11(10)17/h4-8,14H,1-3H3. The summed E-state index contributed by atoms with van der Waals surface area (Å²) in [7, 11) is 0. The highest BCUT2D eigenvalue weighted by Crippen LogP contribution is 2.41. The van der Waals surface area contributed by atoms with Crippen LogP contribution in [0.2, 0.25) is 0 Å². The van der Waals surface area contributed by atoms with Gasteiger partial charge >= 0.3 is 0 Å². The van der Waals surface area contributed by atoms with Crippen LogP contribution in [-0.2, 0) is 5.41 Å². The maximum absolute atomic E-state index is 3.81. The Hall–Kier alpha value is 0.360. The van der Waals surface area contributed by atoms with Gasteiger partial charge in [-0.25, -0.2) is 0 Å². The van der Waals surface area contributed by atoms with E-state index >= 15 is 0 Å². The first kappa shape index (κ1) is 15.7. The Morgan fingerprint density at radius 2 is 1.74 bits per heavy atom. The minimum absolute atomic E-state index is 0.215. The van der Waals surface area contributed by atoms with Crippen LogP contribution in [0, 0.1) is 0 Å². The van der Waals surface area contributed by atoms with Crippen molar-refractivity contribution in [1.29, 1.82) is 0 Å². The third-order valence-corrected chi connectivity index (χ3v) is 6.90. The Morgan fingerprint density at radius 3 is 2.26 bits per heavy atom. The van der Waals surface area contributed by atoms with Crippen LogP contribution in [0.15, 0.2) is 39.3 Å². The Bertz CT molecular complexity index is 581. The van der Waals surface area contributed by atoms with E-state index in [1.807, 2.05) is 11.3 Å². The number of benzene rings is 1. The zero-order chi connectivity index (χ0) is 14.2. The number of rotatable bonds is 2. The van der Waals surface area contributed by atoms with Crippen molar-refractivity contribution in [1.82, 2.24) is 0 Å². The highest BCUT2D eigenvalue weighted by atomic mass is 79.9. The van der Waals surface area contributed by atoms with Crippen LogP contribution in [0.4, 0.5) is 0 Å². The molecule has 0 amide bonds. The van der Waals surface area contributed by atoms with Crippen molar-refractivity contribution in [2.75, 3.05) is 0 Å². The van der Waals surface area contributed by atoms with E-state index in [2.05, 4.69) is 98.9 Å². The molecule has 1 aromatic carbocycles. The number of thiophene rings is 1. The van der Waals surface area contributed by atoms with Crippen LogP contribution >= 0.6 is 59.1 Å². The average Bonchev–Trinajstić information content (AvgIpc) is 2.76. The van der Waals surface area contributed by atoms with Gasteiger partial charge in [0.15, 0.2) is 0 Å². The molecular formula is C15H15Br3S. The smallest absolute Gasteiger partial charge is 0.0749 e. The van der Waals surface area contributed by atoms with E-state index in [4.69, 9.17) is 0 Å². The fourth-order valence-electron chi connectivity index (χ4n) is 1.75. The molecule has 0 spiro atoms. The third-order valence-electron chi connectivity index (χ3n) is 2.85. The SMILES string of the molecule is CC(C)(C)c1ccc(C(Br)c2ccc(Br)cc2Br)s1. The molecule has 0 aliphatic carbocycles. The molecule has 2 rings (SSSR count). The fourth-order valence-corrected chi connectivity index (χ4v) is 5.23. The third kappa shape index (κ3) is 3.72. The lowest BCUT2D eigenvalue weighted by Crippen LogP contribution is -2.07. The quantitative estimate of drug-likeness (QED) is 0.416. The second kappa shape index (κ2) is 6.00. The van der Waals surface area contributed by atoms with Crippen molar-refractivity contribution >= 4 is 59.1 Å². The summed E-state index contributed by atoms with van der Waals surface area (Å²) in [4.78, 5) is 2.99. The van der Waals surface area contributed by atoms with Crippen LogP contribution in [-0.4, -0.2) is 0 Å². The van der Waals surface area contributed by atoms with Gasteiger partial charge in [-0.2, -0.15) is 0 Å². The van der Waals surface area contributed by atoms with Crippen LogP contribution in [0.3, 0.4) is 0 Å². The summed E-state index contributed by atoms with van der Waals surface area (Å²) in [6.45, 7) is 6.75. The molecule has 0 aliphatic heterocycles. The Kier molecular flexibility index (Phi) is 4.97. The van der Waals surface area contributed by atoms with E-state index in [1.165, 1.54) is 15.3 Å². The predicted octanol–water partition coefficient (Wildman–Crippen LogP) is 7.05. The molecule has 1 heterocycles. The fraction of sp³-hybridized carbons (Fsp3) is 0.333. The van der Waals surface area contributed by atoms with Gasteiger partial charge in [0.2, 0.25) is 0 Å². The molecular weight excluding hydrogens is 452 g/mol. The molecule has 0 nitrogen and oxygen atoms in total. The molecule has 0 saturated heterocycles. The molecule has 1 atom stereocenters. The van der Waals surface area contributed by atoms with Gasteiger partial charge in [0.1, 0.15) is 0 Å². The molecule has 19 heavy (non-hydrogen) atoms. The highest BCUT2D eigenvalue weighted by molar-refractivity contribution is 9.11. The van der Waals surface area contributed by atoms with E-state index in [1.54, 1.807) is 0 Å². The van der Waals surface area contributed by atoms with E-state index in [0.29, 0.717) is 0 Å². The normalized spacial score (nSPS) is 13.6. The molecule has 102 valence electrons. The maximum Gasteiger partial charge on any atom is 0.0749 e. The largest absolute Gasteiger partial charge is 0.143 e. The van der Waals surface area contributed by atoms with Crippen molar-refractivity contribution in [3.05, 3.63) is 54.6 Å². The van der Waals surface area contributed by atoms with Gasteiger partial charge in [-0.1, -0.05) is 74.6 Å². The van der Waals surface area contributed by atoms with E-state index in [9.17, 15) is 0 Å². The van der Waals surface area contributed by atoms with Gasteiger partial charge in [-0.3, -0.25) is 0 Å². The monoisotopic (exact) mass is 464 g/mol. The second-order valence-electron chi connectivity index (χ2n) is 5.48. The van der Waals surface area contributed by atoms with Gasteiger partial charge < -0.3 is 0 Å². The molecule has 0 aliphatic rings. The van der Waals surface area contributed by atoms with Crippen LogP contribution in [0.1, 0.15) is 40.9 Å². The summed E-state index contributed by atoms with van der Waals surface area (Å²) in [5.41, 5.74) is 1.47. The van der Waals surface area contributed by atoms with Gasteiger partial charge in [0.05, 0.1) is 4.83 Å². The Labute approximate surface area is 144 Å². The summed E-state index contributed by atoms with van der Waals surface area (Å²) in [6, 6.07) is 10.8. The molecule has 0 bridgehead atoms. The first-order valence-corrected chi connectivity index (χ1v) is 9.30.